The number of hydrogen-bond donors (Lipinski definition) is 1. The van der Waals surface area contributed by atoms with Gasteiger partial charge in [0.2, 0.25) is 5.91 Å². The maximum atomic E-state index is 11.0. The molecule has 1 aromatic heterocycles. The second-order valence-electron chi connectivity index (χ2n) is 6.08. The number of amides is 1. The first-order valence-electron chi connectivity index (χ1n) is 7.93. The normalized spacial score (nSPS) is 11.0. The highest BCUT2D eigenvalue weighted by Gasteiger charge is 2.15. The Morgan fingerprint density at radius 1 is 1.32 bits per heavy atom. The lowest BCUT2D eigenvalue weighted by Gasteiger charge is -2.12. The zero-order valence-corrected chi connectivity index (χ0v) is 15.0. The number of benzene rings is 1. The monoisotopic (exact) mass is 363 g/mol. The van der Waals surface area contributed by atoms with E-state index in [-0.39, 0.29) is 18.0 Å². The van der Waals surface area contributed by atoms with Gasteiger partial charge in [-0.1, -0.05) is 37.7 Å². The fourth-order valence-electron chi connectivity index (χ4n) is 2.26. The molecule has 1 heterocycles. The van der Waals surface area contributed by atoms with Crippen LogP contribution in [0.15, 0.2) is 29.4 Å². The van der Waals surface area contributed by atoms with Crippen molar-refractivity contribution in [2.24, 2.45) is 11.7 Å². The van der Waals surface area contributed by atoms with E-state index < -0.39 is 4.92 Å². The first kappa shape index (κ1) is 18.9. The summed E-state index contributed by atoms with van der Waals surface area (Å²) in [5.74, 6) is 1.42. The van der Waals surface area contributed by atoms with Gasteiger partial charge in [0.25, 0.3) is 5.69 Å². The van der Waals surface area contributed by atoms with Crippen molar-refractivity contribution in [3.05, 3.63) is 45.8 Å². The Kier molecular flexibility index (Phi) is 6.51. The van der Waals surface area contributed by atoms with Crippen molar-refractivity contribution in [2.45, 2.75) is 44.1 Å². The predicted molar refractivity (Wildman–Crippen MR) is 95.0 cm³/mol. The van der Waals surface area contributed by atoms with Crippen LogP contribution in [0.1, 0.15) is 31.7 Å². The minimum absolute atomic E-state index is 0.0745. The molecule has 0 saturated carbocycles. The number of rotatable bonds is 9. The molecule has 0 aliphatic heterocycles. The van der Waals surface area contributed by atoms with E-state index in [1.54, 1.807) is 12.1 Å². The zero-order valence-electron chi connectivity index (χ0n) is 14.2. The lowest BCUT2D eigenvalue weighted by Crippen LogP contribution is -2.15. The van der Waals surface area contributed by atoms with Crippen molar-refractivity contribution in [3.8, 4) is 0 Å². The number of nitro groups is 1. The zero-order chi connectivity index (χ0) is 18.4. The molecule has 2 rings (SSSR count). The van der Waals surface area contributed by atoms with Crippen LogP contribution in [0.25, 0.3) is 0 Å². The predicted octanol–water partition coefficient (Wildman–Crippen LogP) is 2.55. The third-order valence-corrected chi connectivity index (χ3v) is 4.49. The van der Waals surface area contributed by atoms with Crippen LogP contribution in [0.5, 0.6) is 0 Å². The number of primary amides is 1. The molecule has 1 amide bonds. The van der Waals surface area contributed by atoms with Crippen molar-refractivity contribution >= 4 is 23.4 Å². The second kappa shape index (κ2) is 8.61. The Bertz CT molecular complexity index is 743. The summed E-state index contributed by atoms with van der Waals surface area (Å²) in [6.07, 6.45) is 0.705. The number of carbonyl (C=O) groups is 1. The topological polar surface area (TPSA) is 117 Å². The third kappa shape index (κ3) is 5.56. The summed E-state index contributed by atoms with van der Waals surface area (Å²) in [5.41, 5.74) is 6.26. The van der Waals surface area contributed by atoms with Crippen LogP contribution in [-0.2, 0) is 23.5 Å². The Balaban J connectivity index is 2.09. The quantitative estimate of drug-likeness (QED) is 0.416. The summed E-state index contributed by atoms with van der Waals surface area (Å²) in [4.78, 5) is 21.3. The molecular weight excluding hydrogens is 342 g/mol. The molecule has 0 aliphatic rings. The molecule has 25 heavy (non-hydrogen) atoms. The number of thioether (sulfide) groups is 1. The molecule has 1 aromatic carbocycles. The van der Waals surface area contributed by atoms with Crippen LogP contribution < -0.4 is 5.73 Å². The SMILES string of the molecule is CC(C)Cn1c(CCC(N)=O)nnc1SCc1ccc([N+](=O)[O-])cc1. The number of non-ortho nitro benzene ring substituents is 1. The number of aromatic nitrogens is 3. The summed E-state index contributed by atoms with van der Waals surface area (Å²) in [6, 6.07) is 6.46. The van der Waals surface area contributed by atoms with Crippen LogP contribution >= 0.6 is 11.8 Å². The molecule has 8 nitrogen and oxygen atoms in total. The number of hydrogen-bond acceptors (Lipinski definition) is 6. The molecule has 0 spiro atoms. The van der Waals surface area contributed by atoms with Crippen molar-refractivity contribution in [1.29, 1.82) is 0 Å². The van der Waals surface area contributed by atoms with Gasteiger partial charge < -0.3 is 10.3 Å². The van der Waals surface area contributed by atoms with E-state index in [1.807, 2.05) is 4.57 Å². The van der Waals surface area contributed by atoms with Crippen LogP contribution in [0.2, 0.25) is 0 Å². The highest BCUT2D eigenvalue weighted by molar-refractivity contribution is 7.98. The van der Waals surface area contributed by atoms with E-state index in [4.69, 9.17) is 5.73 Å². The maximum absolute atomic E-state index is 11.0. The molecule has 0 atom stereocenters. The van der Waals surface area contributed by atoms with Gasteiger partial charge in [0.1, 0.15) is 5.82 Å². The van der Waals surface area contributed by atoms with Gasteiger partial charge in [-0.3, -0.25) is 14.9 Å². The van der Waals surface area contributed by atoms with Crippen LogP contribution in [0.3, 0.4) is 0 Å². The number of nitrogens with two attached hydrogens (primary N) is 1. The van der Waals surface area contributed by atoms with Crippen molar-refractivity contribution in [2.75, 3.05) is 0 Å². The highest BCUT2D eigenvalue weighted by Crippen LogP contribution is 2.24. The lowest BCUT2D eigenvalue weighted by atomic mass is 10.2. The average Bonchev–Trinajstić information content (AvgIpc) is 2.92. The molecule has 0 fully saturated rings. The average molecular weight is 363 g/mol. The summed E-state index contributed by atoms with van der Waals surface area (Å²) in [7, 11) is 0. The molecular formula is C16H21N5O3S. The van der Waals surface area contributed by atoms with Crippen molar-refractivity contribution < 1.29 is 9.72 Å². The van der Waals surface area contributed by atoms with Crippen LogP contribution in [-0.4, -0.2) is 25.6 Å². The van der Waals surface area contributed by atoms with E-state index in [0.717, 1.165) is 23.1 Å². The first-order valence-corrected chi connectivity index (χ1v) is 8.92. The molecule has 134 valence electrons. The van der Waals surface area contributed by atoms with E-state index in [2.05, 4.69) is 24.0 Å². The van der Waals surface area contributed by atoms with Crippen molar-refractivity contribution in [3.63, 3.8) is 0 Å². The lowest BCUT2D eigenvalue weighted by molar-refractivity contribution is -0.384. The summed E-state index contributed by atoms with van der Waals surface area (Å²) < 4.78 is 2.02. The van der Waals surface area contributed by atoms with E-state index >= 15 is 0 Å². The Labute approximate surface area is 150 Å². The van der Waals surface area contributed by atoms with Gasteiger partial charge >= 0.3 is 0 Å². The minimum Gasteiger partial charge on any atom is -0.370 e. The van der Waals surface area contributed by atoms with Gasteiger partial charge in [-0.05, 0) is 11.5 Å². The molecule has 2 N–H and O–H groups in total. The van der Waals surface area contributed by atoms with Crippen molar-refractivity contribution in [1.82, 2.24) is 14.8 Å². The number of carbonyl (C=O) groups excluding carboxylic acids is 1. The summed E-state index contributed by atoms with van der Waals surface area (Å²) in [6.45, 7) is 4.95. The van der Waals surface area contributed by atoms with E-state index in [9.17, 15) is 14.9 Å². The Hall–Kier alpha value is -2.42. The van der Waals surface area contributed by atoms with E-state index in [0.29, 0.717) is 18.1 Å². The van der Waals surface area contributed by atoms with Gasteiger partial charge in [0.15, 0.2) is 5.16 Å². The minimum atomic E-state index is -0.415. The second-order valence-corrected chi connectivity index (χ2v) is 7.02. The molecule has 0 bridgehead atoms. The fourth-order valence-corrected chi connectivity index (χ4v) is 3.18. The van der Waals surface area contributed by atoms with Crippen LogP contribution in [0, 0.1) is 16.0 Å². The molecule has 9 heteroatoms. The Morgan fingerprint density at radius 3 is 2.56 bits per heavy atom. The molecule has 0 aliphatic carbocycles. The Morgan fingerprint density at radius 2 is 2.00 bits per heavy atom. The summed E-state index contributed by atoms with van der Waals surface area (Å²) in [5, 5.41) is 19.9. The van der Waals surface area contributed by atoms with Gasteiger partial charge in [-0.15, -0.1) is 10.2 Å². The largest absolute Gasteiger partial charge is 0.370 e. The third-order valence-electron chi connectivity index (χ3n) is 3.45. The fraction of sp³-hybridized carbons (Fsp3) is 0.438. The smallest absolute Gasteiger partial charge is 0.269 e. The number of nitro benzene ring substituents is 1. The van der Waals surface area contributed by atoms with Crippen LogP contribution in [0.4, 0.5) is 5.69 Å². The number of nitrogens with zero attached hydrogens (tertiary/aromatic N) is 4. The standard InChI is InChI=1S/C16H21N5O3S/c1-11(2)9-20-15(8-7-14(17)22)18-19-16(20)25-10-12-3-5-13(6-4-12)21(23)24/h3-6,11H,7-10H2,1-2H3,(H2,17,22). The summed E-state index contributed by atoms with van der Waals surface area (Å²) >= 11 is 1.51. The molecule has 0 saturated heterocycles. The first-order chi connectivity index (χ1) is 11.9. The van der Waals surface area contributed by atoms with Gasteiger partial charge in [0.05, 0.1) is 4.92 Å². The molecule has 0 unspecified atom stereocenters. The highest BCUT2D eigenvalue weighted by atomic mass is 32.2. The van der Waals surface area contributed by atoms with E-state index in [1.165, 1.54) is 23.9 Å². The van der Waals surface area contributed by atoms with Gasteiger partial charge in [-0.25, -0.2) is 0 Å². The van der Waals surface area contributed by atoms with Gasteiger partial charge in [-0.2, -0.15) is 0 Å². The number of aryl methyl sites for hydroxylation is 1. The maximum Gasteiger partial charge on any atom is 0.269 e. The van der Waals surface area contributed by atoms with Gasteiger partial charge in [0, 0.05) is 37.3 Å². The molecule has 2 aromatic rings. The molecule has 0 radical (unpaired) electrons.